The summed E-state index contributed by atoms with van der Waals surface area (Å²) in [4.78, 5) is 20.0. The number of imidazole rings is 1. The molecule has 3 heterocycles. The standard InChI is InChI=1S/C18H18ClN5O2/c19-15-5-3-4-14(12-15)13-21-8-10-22(11-9-21)17-18(24(25)26)23-7-2-1-6-16(23)20-17/h1-7,12H,8-11,13H2. The van der Waals surface area contributed by atoms with Crippen LogP contribution >= 0.6 is 11.6 Å². The molecule has 0 radical (unpaired) electrons. The number of nitrogens with zero attached hydrogens (tertiary/aromatic N) is 5. The van der Waals surface area contributed by atoms with Gasteiger partial charge in [0.2, 0.25) is 11.5 Å². The maximum Gasteiger partial charge on any atom is 0.372 e. The van der Waals surface area contributed by atoms with Crippen LogP contribution in [0.5, 0.6) is 0 Å². The maximum absolute atomic E-state index is 11.6. The molecule has 2 aromatic heterocycles. The minimum atomic E-state index is -0.353. The van der Waals surface area contributed by atoms with Crippen LogP contribution in [0.1, 0.15) is 5.56 Å². The second kappa shape index (κ2) is 6.93. The summed E-state index contributed by atoms with van der Waals surface area (Å²) in [7, 11) is 0. The summed E-state index contributed by atoms with van der Waals surface area (Å²) in [6.07, 6.45) is 1.68. The molecule has 1 aliphatic rings. The highest BCUT2D eigenvalue weighted by Gasteiger charge is 2.29. The molecule has 0 spiro atoms. The number of aromatic nitrogens is 2. The molecule has 0 bridgehead atoms. The summed E-state index contributed by atoms with van der Waals surface area (Å²) in [6, 6.07) is 13.2. The quantitative estimate of drug-likeness (QED) is 0.520. The first-order chi connectivity index (χ1) is 12.6. The van der Waals surface area contributed by atoms with Gasteiger partial charge in [0, 0.05) is 43.8 Å². The molecule has 0 aliphatic carbocycles. The van der Waals surface area contributed by atoms with Crippen molar-refractivity contribution in [1.82, 2.24) is 14.3 Å². The lowest BCUT2D eigenvalue weighted by atomic mass is 10.2. The zero-order valence-electron chi connectivity index (χ0n) is 14.1. The van der Waals surface area contributed by atoms with Crippen molar-refractivity contribution in [2.75, 3.05) is 31.1 Å². The Labute approximate surface area is 155 Å². The van der Waals surface area contributed by atoms with E-state index >= 15 is 0 Å². The zero-order chi connectivity index (χ0) is 18.1. The Hall–Kier alpha value is -2.64. The summed E-state index contributed by atoms with van der Waals surface area (Å²) in [5.74, 6) is 0.479. The van der Waals surface area contributed by atoms with Crippen LogP contribution in [0.2, 0.25) is 5.02 Å². The third kappa shape index (κ3) is 3.23. The van der Waals surface area contributed by atoms with E-state index in [0.717, 1.165) is 24.7 Å². The van der Waals surface area contributed by atoms with E-state index in [-0.39, 0.29) is 10.7 Å². The molecule has 7 nitrogen and oxygen atoms in total. The molecule has 3 aromatic rings. The van der Waals surface area contributed by atoms with Crippen molar-refractivity contribution >= 4 is 28.9 Å². The lowest BCUT2D eigenvalue weighted by Gasteiger charge is -2.34. The van der Waals surface area contributed by atoms with Crippen molar-refractivity contribution in [3.05, 3.63) is 69.4 Å². The SMILES string of the molecule is O=[N+]([O-])c1c(N2CCN(Cc3cccc(Cl)c3)CC2)nc2ccccn12. The van der Waals surface area contributed by atoms with E-state index < -0.39 is 0 Å². The second-order valence-electron chi connectivity index (χ2n) is 6.34. The van der Waals surface area contributed by atoms with Gasteiger partial charge >= 0.3 is 5.82 Å². The number of piperazine rings is 1. The Kier molecular flexibility index (Phi) is 4.48. The number of hydrogen-bond donors (Lipinski definition) is 0. The topological polar surface area (TPSA) is 66.9 Å². The lowest BCUT2D eigenvalue weighted by molar-refractivity contribution is -0.389. The van der Waals surface area contributed by atoms with E-state index in [2.05, 4.69) is 16.0 Å². The third-order valence-corrected chi connectivity index (χ3v) is 4.86. The van der Waals surface area contributed by atoms with Gasteiger partial charge in [-0.15, -0.1) is 0 Å². The molecule has 1 fully saturated rings. The highest BCUT2D eigenvalue weighted by molar-refractivity contribution is 6.30. The van der Waals surface area contributed by atoms with E-state index in [0.29, 0.717) is 24.6 Å². The molecule has 26 heavy (non-hydrogen) atoms. The fourth-order valence-corrected chi connectivity index (χ4v) is 3.58. The molecule has 0 amide bonds. The van der Waals surface area contributed by atoms with Crippen LogP contribution in [0.4, 0.5) is 11.6 Å². The summed E-state index contributed by atoms with van der Waals surface area (Å²) >= 11 is 6.05. The van der Waals surface area contributed by atoms with Crippen molar-refractivity contribution in [3.8, 4) is 0 Å². The minimum absolute atomic E-state index is 0.0314. The number of hydrogen-bond acceptors (Lipinski definition) is 5. The van der Waals surface area contributed by atoms with E-state index in [1.165, 1.54) is 9.96 Å². The van der Waals surface area contributed by atoms with Crippen molar-refractivity contribution in [2.24, 2.45) is 0 Å². The highest BCUT2D eigenvalue weighted by Crippen LogP contribution is 2.29. The predicted molar refractivity (Wildman–Crippen MR) is 101 cm³/mol. The van der Waals surface area contributed by atoms with Crippen LogP contribution < -0.4 is 4.90 Å². The molecule has 134 valence electrons. The minimum Gasteiger partial charge on any atom is -0.358 e. The number of halogens is 1. The van der Waals surface area contributed by atoms with E-state index in [4.69, 9.17) is 11.6 Å². The van der Waals surface area contributed by atoms with Gasteiger partial charge in [-0.3, -0.25) is 4.90 Å². The molecule has 1 saturated heterocycles. The van der Waals surface area contributed by atoms with Gasteiger partial charge in [0.25, 0.3) is 0 Å². The largest absolute Gasteiger partial charge is 0.372 e. The fourth-order valence-electron chi connectivity index (χ4n) is 3.36. The van der Waals surface area contributed by atoms with Gasteiger partial charge in [0.1, 0.15) is 0 Å². The second-order valence-corrected chi connectivity index (χ2v) is 6.77. The van der Waals surface area contributed by atoms with E-state index in [9.17, 15) is 10.1 Å². The van der Waals surface area contributed by atoms with Crippen LogP contribution in [0.25, 0.3) is 5.65 Å². The molecule has 0 unspecified atom stereocenters. The van der Waals surface area contributed by atoms with Crippen LogP contribution in [0, 0.1) is 10.1 Å². The van der Waals surface area contributed by atoms with Gasteiger partial charge in [-0.05, 0) is 28.7 Å². The fraction of sp³-hybridized carbons (Fsp3) is 0.278. The number of fused-ring (bicyclic) bond motifs is 1. The molecule has 0 saturated carbocycles. The first-order valence-electron chi connectivity index (χ1n) is 8.45. The van der Waals surface area contributed by atoms with Gasteiger partial charge in [-0.2, -0.15) is 9.38 Å². The van der Waals surface area contributed by atoms with Crippen LogP contribution in [0.3, 0.4) is 0 Å². The van der Waals surface area contributed by atoms with Crippen LogP contribution in [-0.4, -0.2) is 45.4 Å². The Bertz CT molecular complexity index is 950. The summed E-state index contributed by atoms with van der Waals surface area (Å²) in [5, 5.41) is 12.3. The number of nitro groups is 1. The number of rotatable bonds is 4. The number of anilines is 1. The molecule has 0 N–H and O–H groups in total. The van der Waals surface area contributed by atoms with Crippen molar-refractivity contribution in [3.63, 3.8) is 0 Å². The number of benzene rings is 1. The summed E-state index contributed by atoms with van der Waals surface area (Å²) in [6.45, 7) is 3.85. The third-order valence-electron chi connectivity index (χ3n) is 4.63. The van der Waals surface area contributed by atoms with Crippen molar-refractivity contribution < 1.29 is 4.92 Å². The Morgan fingerprint density at radius 2 is 1.92 bits per heavy atom. The molecule has 0 atom stereocenters. The Balaban J connectivity index is 1.50. The van der Waals surface area contributed by atoms with Crippen molar-refractivity contribution in [2.45, 2.75) is 6.54 Å². The molecule has 1 aromatic carbocycles. The Morgan fingerprint density at radius 3 is 2.65 bits per heavy atom. The molecular formula is C18H18ClN5O2. The predicted octanol–water partition coefficient (Wildman–Crippen LogP) is 3.22. The average Bonchev–Trinajstić information content (AvgIpc) is 3.02. The van der Waals surface area contributed by atoms with Crippen molar-refractivity contribution in [1.29, 1.82) is 0 Å². The smallest absolute Gasteiger partial charge is 0.358 e. The first-order valence-corrected chi connectivity index (χ1v) is 8.83. The monoisotopic (exact) mass is 371 g/mol. The van der Waals surface area contributed by atoms with Gasteiger partial charge < -0.3 is 15.0 Å². The van der Waals surface area contributed by atoms with Gasteiger partial charge in [0.05, 0.1) is 6.20 Å². The zero-order valence-corrected chi connectivity index (χ0v) is 14.8. The normalized spacial score (nSPS) is 15.5. The van der Waals surface area contributed by atoms with Crippen LogP contribution in [-0.2, 0) is 6.54 Å². The molecular weight excluding hydrogens is 354 g/mol. The molecule has 4 rings (SSSR count). The highest BCUT2D eigenvalue weighted by atomic mass is 35.5. The maximum atomic E-state index is 11.6. The molecule has 1 aliphatic heterocycles. The summed E-state index contributed by atoms with van der Waals surface area (Å²) < 4.78 is 1.54. The number of pyridine rings is 1. The lowest BCUT2D eigenvalue weighted by Crippen LogP contribution is -2.46. The average molecular weight is 372 g/mol. The van der Waals surface area contributed by atoms with Gasteiger partial charge in [-0.1, -0.05) is 29.8 Å². The Morgan fingerprint density at radius 1 is 1.12 bits per heavy atom. The first kappa shape index (κ1) is 16.8. The summed E-state index contributed by atoms with van der Waals surface area (Å²) in [5.41, 5.74) is 1.76. The van der Waals surface area contributed by atoms with Crippen LogP contribution in [0.15, 0.2) is 48.7 Å². The van der Waals surface area contributed by atoms with E-state index in [1.54, 1.807) is 18.3 Å². The molecule has 8 heteroatoms. The van der Waals surface area contributed by atoms with Gasteiger partial charge in [-0.25, -0.2) is 0 Å². The van der Waals surface area contributed by atoms with Gasteiger partial charge in [0.15, 0.2) is 0 Å². The van der Waals surface area contributed by atoms with E-state index in [1.807, 2.05) is 29.2 Å².